The van der Waals surface area contributed by atoms with Crippen LogP contribution in [-0.2, 0) is 4.74 Å². The lowest BCUT2D eigenvalue weighted by molar-refractivity contribution is -0.0498. The van der Waals surface area contributed by atoms with Crippen LogP contribution in [0.3, 0.4) is 0 Å². The number of alkyl halides is 2. The second-order valence-corrected chi connectivity index (χ2v) is 5.42. The monoisotopic (exact) mass is 333 g/mol. The minimum absolute atomic E-state index is 0.0330. The number of ether oxygens (including phenoxy) is 2. The largest absolute Gasteiger partial charge is 0.435 e. The lowest BCUT2D eigenvalue weighted by Gasteiger charge is -2.33. The van der Waals surface area contributed by atoms with Gasteiger partial charge in [0.1, 0.15) is 11.9 Å². The van der Waals surface area contributed by atoms with E-state index < -0.39 is 6.61 Å². The standard InChI is InChI=1S/C18H17F2NO3/c19-18(20)24-15-8-6-14(7-9-15)17(22)21-10-11-23-16(12-21)13-4-2-1-3-5-13/h1-9,16,18H,10-12H2. The molecule has 0 saturated carbocycles. The molecule has 0 N–H and O–H groups in total. The van der Waals surface area contributed by atoms with Gasteiger partial charge in [-0.2, -0.15) is 8.78 Å². The van der Waals surface area contributed by atoms with E-state index in [1.165, 1.54) is 24.3 Å². The predicted molar refractivity (Wildman–Crippen MR) is 84.1 cm³/mol. The summed E-state index contributed by atoms with van der Waals surface area (Å²) in [6, 6.07) is 15.5. The van der Waals surface area contributed by atoms with E-state index in [1.54, 1.807) is 4.90 Å². The maximum Gasteiger partial charge on any atom is 0.387 e. The zero-order chi connectivity index (χ0) is 16.9. The van der Waals surface area contributed by atoms with Crippen molar-refractivity contribution in [1.29, 1.82) is 0 Å². The first-order valence-electron chi connectivity index (χ1n) is 7.64. The van der Waals surface area contributed by atoms with Gasteiger partial charge in [-0.1, -0.05) is 30.3 Å². The highest BCUT2D eigenvalue weighted by atomic mass is 19.3. The van der Waals surface area contributed by atoms with E-state index in [-0.39, 0.29) is 17.8 Å². The Morgan fingerprint density at radius 2 is 1.83 bits per heavy atom. The normalized spacial score (nSPS) is 17.8. The SMILES string of the molecule is O=C(c1ccc(OC(F)F)cc1)N1CCOC(c2ccccc2)C1. The summed E-state index contributed by atoms with van der Waals surface area (Å²) in [7, 11) is 0. The number of amides is 1. The molecular weight excluding hydrogens is 316 g/mol. The second kappa shape index (κ2) is 7.40. The summed E-state index contributed by atoms with van der Waals surface area (Å²) < 4.78 is 34.4. The van der Waals surface area contributed by atoms with Gasteiger partial charge in [0.05, 0.1) is 13.2 Å². The Hall–Kier alpha value is -2.47. The summed E-state index contributed by atoms with van der Waals surface area (Å²) >= 11 is 0. The number of hydrogen-bond donors (Lipinski definition) is 0. The first-order valence-corrected chi connectivity index (χ1v) is 7.64. The minimum Gasteiger partial charge on any atom is -0.435 e. The smallest absolute Gasteiger partial charge is 0.387 e. The summed E-state index contributed by atoms with van der Waals surface area (Å²) in [5.74, 6) is -0.117. The molecule has 0 spiro atoms. The minimum atomic E-state index is -2.88. The fraction of sp³-hybridized carbons (Fsp3) is 0.278. The molecule has 1 atom stereocenters. The molecule has 1 aliphatic rings. The van der Waals surface area contributed by atoms with Crippen molar-refractivity contribution >= 4 is 5.91 Å². The molecule has 3 rings (SSSR count). The summed E-state index contributed by atoms with van der Waals surface area (Å²) in [4.78, 5) is 14.3. The van der Waals surface area contributed by atoms with Crippen molar-refractivity contribution in [3.63, 3.8) is 0 Å². The second-order valence-electron chi connectivity index (χ2n) is 5.42. The van der Waals surface area contributed by atoms with Crippen molar-refractivity contribution in [2.45, 2.75) is 12.7 Å². The number of rotatable bonds is 4. The number of benzene rings is 2. The molecule has 1 amide bonds. The fourth-order valence-corrected chi connectivity index (χ4v) is 2.66. The molecular formula is C18H17F2NO3. The van der Waals surface area contributed by atoms with Gasteiger partial charge in [-0.05, 0) is 29.8 Å². The van der Waals surface area contributed by atoms with Crippen LogP contribution in [-0.4, -0.2) is 37.1 Å². The van der Waals surface area contributed by atoms with Crippen molar-refractivity contribution in [2.75, 3.05) is 19.7 Å². The Bertz CT molecular complexity index is 676. The van der Waals surface area contributed by atoms with E-state index in [2.05, 4.69) is 4.74 Å². The van der Waals surface area contributed by atoms with Gasteiger partial charge in [0.25, 0.3) is 5.91 Å². The molecule has 4 nitrogen and oxygen atoms in total. The molecule has 0 aliphatic carbocycles. The van der Waals surface area contributed by atoms with Crippen molar-refractivity contribution in [2.24, 2.45) is 0 Å². The zero-order valence-electron chi connectivity index (χ0n) is 12.9. The van der Waals surface area contributed by atoms with Crippen LogP contribution in [0.15, 0.2) is 54.6 Å². The van der Waals surface area contributed by atoms with Crippen LogP contribution in [0.25, 0.3) is 0 Å². The van der Waals surface area contributed by atoms with Crippen LogP contribution in [0.5, 0.6) is 5.75 Å². The van der Waals surface area contributed by atoms with Gasteiger partial charge in [-0.3, -0.25) is 4.79 Å². The Balaban J connectivity index is 1.68. The van der Waals surface area contributed by atoms with Crippen LogP contribution in [0.1, 0.15) is 22.0 Å². The van der Waals surface area contributed by atoms with Crippen LogP contribution in [0.4, 0.5) is 8.78 Å². The first kappa shape index (κ1) is 16.4. The zero-order valence-corrected chi connectivity index (χ0v) is 12.9. The van der Waals surface area contributed by atoms with Gasteiger partial charge >= 0.3 is 6.61 Å². The molecule has 126 valence electrons. The molecule has 0 radical (unpaired) electrons. The van der Waals surface area contributed by atoms with Gasteiger partial charge in [-0.25, -0.2) is 0 Å². The Morgan fingerprint density at radius 1 is 1.12 bits per heavy atom. The summed E-state index contributed by atoms with van der Waals surface area (Å²) in [5, 5.41) is 0. The third kappa shape index (κ3) is 3.89. The molecule has 24 heavy (non-hydrogen) atoms. The number of morpholine rings is 1. The summed E-state index contributed by atoms with van der Waals surface area (Å²) in [6.07, 6.45) is -0.162. The van der Waals surface area contributed by atoms with E-state index >= 15 is 0 Å². The molecule has 2 aromatic carbocycles. The Kier molecular flexibility index (Phi) is 5.05. The quantitative estimate of drug-likeness (QED) is 0.859. The number of hydrogen-bond acceptors (Lipinski definition) is 3. The average molecular weight is 333 g/mol. The van der Waals surface area contributed by atoms with Crippen molar-refractivity contribution < 1.29 is 23.0 Å². The fourth-order valence-electron chi connectivity index (χ4n) is 2.66. The highest BCUT2D eigenvalue weighted by Crippen LogP contribution is 2.23. The molecule has 1 unspecified atom stereocenters. The van der Waals surface area contributed by atoms with Crippen LogP contribution >= 0.6 is 0 Å². The average Bonchev–Trinajstić information content (AvgIpc) is 2.62. The number of nitrogens with zero attached hydrogens (tertiary/aromatic N) is 1. The van der Waals surface area contributed by atoms with Crippen LogP contribution in [0.2, 0.25) is 0 Å². The van der Waals surface area contributed by atoms with Gasteiger partial charge in [0.15, 0.2) is 0 Å². The van der Waals surface area contributed by atoms with E-state index in [1.807, 2.05) is 30.3 Å². The van der Waals surface area contributed by atoms with E-state index in [0.29, 0.717) is 25.3 Å². The summed E-state index contributed by atoms with van der Waals surface area (Å²) in [5.41, 5.74) is 1.46. The number of carbonyl (C=O) groups excluding carboxylic acids is 1. The highest BCUT2D eigenvalue weighted by molar-refractivity contribution is 5.94. The lowest BCUT2D eigenvalue weighted by Crippen LogP contribution is -2.42. The molecule has 0 aromatic heterocycles. The van der Waals surface area contributed by atoms with Crippen LogP contribution in [0, 0.1) is 0 Å². The molecule has 1 saturated heterocycles. The number of carbonyl (C=O) groups is 1. The molecule has 0 bridgehead atoms. The Morgan fingerprint density at radius 3 is 2.50 bits per heavy atom. The van der Waals surface area contributed by atoms with Gasteiger partial charge in [0, 0.05) is 12.1 Å². The molecule has 6 heteroatoms. The van der Waals surface area contributed by atoms with Gasteiger partial charge in [0.2, 0.25) is 0 Å². The van der Waals surface area contributed by atoms with Gasteiger partial charge < -0.3 is 14.4 Å². The van der Waals surface area contributed by atoms with Crippen molar-refractivity contribution in [3.8, 4) is 5.75 Å². The van der Waals surface area contributed by atoms with Crippen LogP contribution < -0.4 is 4.74 Å². The Labute approximate surface area is 138 Å². The molecule has 1 fully saturated rings. The van der Waals surface area contributed by atoms with E-state index in [0.717, 1.165) is 5.56 Å². The van der Waals surface area contributed by atoms with E-state index in [9.17, 15) is 13.6 Å². The third-order valence-corrected chi connectivity index (χ3v) is 3.85. The van der Waals surface area contributed by atoms with Crippen molar-refractivity contribution in [3.05, 3.63) is 65.7 Å². The molecule has 2 aromatic rings. The van der Waals surface area contributed by atoms with Gasteiger partial charge in [-0.15, -0.1) is 0 Å². The lowest BCUT2D eigenvalue weighted by atomic mass is 10.1. The first-order chi connectivity index (χ1) is 11.6. The number of halogens is 2. The highest BCUT2D eigenvalue weighted by Gasteiger charge is 2.26. The maximum atomic E-state index is 12.6. The van der Waals surface area contributed by atoms with E-state index in [4.69, 9.17) is 4.74 Å². The van der Waals surface area contributed by atoms with Crippen molar-refractivity contribution in [1.82, 2.24) is 4.90 Å². The molecule has 1 heterocycles. The molecule has 1 aliphatic heterocycles. The third-order valence-electron chi connectivity index (χ3n) is 3.85. The maximum absolute atomic E-state index is 12.6. The summed E-state index contributed by atoms with van der Waals surface area (Å²) in [6.45, 7) is -1.47. The predicted octanol–water partition coefficient (Wildman–Crippen LogP) is 3.50. The topological polar surface area (TPSA) is 38.8 Å².